The summed E-state index contributed by atoms with van der Waals surface area (Å²) in [6, 6.07) is 3.98. The molecule has 0 atom stereocenters. The van der Waals surface area contributed by atoms with Crippen LogP contribution in [0.2, 0.25) is 0 Å². The molecule has 0 bridgehead atoms. The molecule has 2 heterocycles. The van der Waals surface area contributed by atoms with Gasteiger partial charge in [0.2, 0.25) is 0 Å². The zero-order chi connectivity index (χ0) is 13.5. The molecule has 5 heteroatoms. The van der Waals surface area contributed by atoms with Crippen LogP contribution in [0, 0.1) is 18.8 Å². The standard InChI is InChI=1S/C14H15NO2S2/c1-11-14(18-10-15-11)6-8-17-9-13-5-4-12(19-13)3-2-7-16/h4-5,10,16H,6-9H2,1H3. The Morgan fingerprint density at radius 1 is 1.42 bits per heavy atom. The number of aliphatic hydroxyl groups excluding tert-OH is 1. The highest BCUT2D eigenvalue weighted by molar-refractivity contribution is 7.12. The second-order valence-corrected chi connectivity index (χ2v) is 6.00. The van der Waals surface area contributed by atoms with Crippen molar-refractivity contribution >= 4 is 22.7 Å². The Balaban J connectivity index is 1.74. The fraction of sp³-hybridized carbons (Fsp3) is 0.357. The maximum Gasteiger partial charge on any atom is 0.104 e. The van der Waals surface area contributed by atoms with E-state index in [0.29, 0.717) is 13.2 Å². The number of aromatic nitrogens is 1. The average molecular weight is 293 g/mol. The predicted octanol–water partition coefficient (Wildman–Crippen LogP) is 2.62. The van der Waals surface area contributed by atoms with Gasteiger partial charge in [0.25, 0.3) is 0 Å². The molecule has 1 N–H and O–H groups in total. The minimum atomic E-state index is -0.0993. The number of thiophene rings is 1. The van der Waals surface area contributed by atoms with E-state index in [2.05, 4.69) is 16.8 Å². The summed E-state index contributed by atoms with van der Waals surface area (Å²) in [6.45, 7) is 3.25. The summed E-state index contributed by atoms with van der Waals surface area (Å²) in [5.74, 6) is 5.53. The summed E-state index contributed by atoms with van der Waals surface area (Å²) in [4.78, 5) is 7.63. The largest absolute Gasteiger partial charge is 0.384 e. The normalized spacial score (nSPS) is 10.2. The molecule has 0 aliphatic carbocycles. The van der Waals surface area contributed by atoms with Crippen molar-refractivity contribution in [1.29, 1.82) is 0 Å². The van der Waals surface area contributed by atoms with Crippen molar-refractivity contribution < 1.29 is 9.84 Å². The number of nitrogens with zero attached hydrogens (tertiary/aromatic N) is 1. The van der Waals surface area contributed by atoms with Crippen LogP contribution < -0.4 is 0 Å². The summed E-state index contributed by atoms with van der Waals surface area (Å²) in [6.07, 6.45) is 0.916. The SMILES string of the molecule is Cc1ncsc1CCOCc1ccc(C#CCO)s1. The molecular weight excluding hydrogens is 278 g/mol. The third-order valence-corrected chi connectivity index (χ3v) is 4.48. The van der Waals surface area contributed by atoms with Crippen molar-refractivity contribution in [1.82, 2.24) is 4.98 Å². The molecule has 0 amide bonds. The number of ether oxygens (including phenoxy) is 1. The van der Waals surface area contributed by atoms with E-state index in [1.54, 1.807) is 22.7 Å². The van der Waals surface area contributed by atoms with Crippen molar-refractivity contribution in [3.63, 3.8) is 0 Å². The minimum absolute atomic E-state index is 0.0993. The first-order valence-electron chi connectivity index (χ1n) is 5.94. The van der Waals surface area contributed by atoms with Crippen LogP contribution in [0.3, 0.4) is 0 Å². The second kappa shape index (κ2) is 7.41. The number of hydrogen-bond donors (Lipinski definition) is 1. The first kappa shape index (κ1) is 14.2. The number of aryl methyl sites for hydroxylation is 1. The lowest BCUT2D eigenvalue weighted by Gasteiger charge is -2.01. The third kappa shape index (κ3) is 4.44. The maximum absolute atomic E-state index is 8.62. The summed E-state index contributed by atoms with van der Waals surface area (Å²) < 4.78 is 5.66. The van der Waals surface area contributed by atoms with Crippen molar-refractivity contribution in [3.8, 4) is 11.8 Å². The fourth-order valence-electron chi connectivity index (χ4n) is 1.55. The molecular formula is C14H15NO2S2. The van der Waals surface area contributed by atoms with E-state index in [-0.39, 0.29) is 6.61 Å². The van der Waals surface area contributed by atoms with Gasteiger partial charge in [-0.15, -0.1) is 22.7 Å². The van der Waals surface area contributed by atoms with Crippen molar-refractivity contribution in [3.05, 3.63) is 38.0 Å². The van der Waals surface area contributed by atoms with Crippen molar-refractivity contribution in [2.45, 2.75) is 20.0 Å². The second-order valence-electron chi connectivity index (χ2n) is 3.89. The van der Waals surface area contributed by atoms with E-state index in [1.165, 1.54) is 4.88 Å². The van der Waals surface area contributed by atoms with Gasteiger partial charge in [-0.1, -0.05) is 11.8 Å². The highest BCUT2D eigenvalue weighted by Gasteiger charge is 2.02. The zero-order valence-electron chi connectivity index (χ0n) is 10.7. The van der Waals surface area contributed by atoms with Gasteiger partial charge >= 0.3 is 0 Å². The maximum atomic E-state index is 8.62. The molecule has 3 nitrogen and oxygen atoms in total. The Labute approximate surface area is 120 Å². The van der Waals surface area contributed by atoms with Crippen LogP contribution in [0.15, 0.2) is 17.6 Å². The summed E-state index contributed by atoms with van der Waals surface area (Å²) in [5, 5.41) is 8.62. The summed E-state index contributed by atoms with van der Waals surface area (Å²) in [7, 11) is 0. The first-order chi connectivity index (χ1) is 9.29. The molecule has 0 spiro atoms. The van der Waals surface area contributed by atoms with Crippen LogP contribution in [0.5, 0.6) is 0 Å². The predicted molar refractivity (Wildman–Crippen MR) is 78.5 cm³/mol. The van der Waals surface area contributed by atoms with Crippen LogP contribution in [0.1, 0.15) is 20.3 Å². The molecule has 19 heavy (non-hydrogen) atoms. The molecule has 0 aliphatic heterocycles. The first-order valence-corrected chi connectivity index (χ1v) is 7.64. The Kier molecular flexibility index (Phi) is 5.55. The van der Waals surface area contributed by atoms with Gasteiger partial charge in [-0.25, -0.2) is 4.98 Å². The minimum Gasteiger partial charge on any atom is -0.384 e. The Morgan fingerprint density at radius 3 is 3.05 bits per heavy atom. The molecule has 0 fully saturated rings. The Bertz CT molecular complexity index is 578. The van der Waals surface area contributed by atoms with E-state index in [0.717, 1.165) is 21.9 Å². The van der Waals surface area contributed by atoms with E-state index >= 15 is 0 Å². The van der Waals surface area contributed by atoms with Gasteiger partial charge in [0, 0.05) is 16.2 Å². The van der Waals surface area contributed by atoms with Gasteiger partial charge in [-0.2, -0.15) is 0 Å². The van der Waals surface area contributed by atoms with E-state index < -0.39 is 0 Å². The van der Waals surface area contributed by atoms with Gasteiger partial charge in [0.05, 0.1) is 29.3 Å². The molecule has 2 rings (SSSR count). The molecule has 100 valence electrons. The molecule has 0 aliphatic rings. The van der Waals surface area contributed by atoms with Crippen LogP contribution in [-0.4, -0.2) is 23.3 Å². The van der Waals surface area contributed by atoms with Gasteiger partial charge < -0.3 is 9.84 Å². The molecule has 0 radical (unpaired) electrons. The monoisotopic (exact) mass is 293 g/mol. The molecule has 0 aromatic carbocycles. The van der Waals surface area contributed by atoms with Crippen LogP contribution >= 0.6 is 22.7 Å². The van der Waals surface area contributed by atoms with Gasteiger partial charge in [-0.05, 0) is 19.1 Å². The number of aliphatic hydroxyl groups is 1. The number of thiazole rings is 1. The molecule has 0 saturated heterocycles. The highest BCUT2D eigenvalue weighted by Crippen LogP contribution is 2.17. The van der Waals surface area contributed by atoms with Gasteiger partial charge in [0.15, 0.2) is 0 Å². The lowest BCUT2D eigenvalue weighted by atomic mass is 10.3. The van der Waals surface area contributed by atoms with Gasteiger partial charge in [0.1, 0.15) is 6.61 Å². The quantitative estimate of drug-likeness (QED) is 0.680. The molecule has 2 aromatic heterocycles. The van der Waals surface area contributed by atoms with Gasteiger partial charge in [-0.3, -0.25) is 0 Å². The van der Waals surface area contributed by atoms with Crippen LogP contribution in [0.25, 0.3) is 0 Å². The average Bonchev–Trinajstić information content (AvgIpc) is 3.02. The van der Waals surface area contributed by atoms with Crippen molar-refractivity contribution in [2.75, 3.05) is 13.2 Å². The molecule has 2 aromatic rings. The lowest BCUT2D eigenvalue weighted by molar-refractivity contribution is 0.126. The highest BCUT2D eigenvalue weighted by atomic mass is 32.1. The number of rotatable bonds is 5. The zero-order valence-corrected chi connectivity index (χ0v) is 12.3. The summed E-state index contributed by atoms with van der Waals surface area (Å²) >= 11 is 3.28. The molecule has 0 unspecified atom stereocenters. The topological polar surface area (TPSA) is 42.4 Å². The Hall–Kier alpha value is -1.19. The van der Waals surface area contributed by atoms with Crippen LogP contribution in [0.4, 0.5) is 0 Å². The van der Waals surface area contributed by atoms with E-state index in [4.69, 9.17) is 9.84 Å². The summed E-state index contributed by atoms with van der Waals surface area (Å²) in [5.41, 5.74) is 2.97. The smallest absolute Gasteiger partial charge is 0.104 e. The van der Waals surface area contributed by atoms with Crippen molar-refractivity contribution in [2.24, 2.45) is 0 Å². The Morgan fingerprint density at radius 2 is 2.32 bits per heavy atom. The third-order valence-electron chi connectivity index (χ3n) is 2.51. The van der Waals surface area contributed by atoms with Crippen LogP contribution in [-0.2, 0) is 17.8 Å². The van der Waals surface area contributed by atoms with E-state index in [1.807, 2.05) is 24.6 Å². The fourth-order valence-corrected chi connectivity index (χ4v) is 3.14. The number of hydrogen-bond acceptors (Lipinski definition) is 5. The van der Waals surface area contributed by atoms with E-state index in [9.17, 15) is 0 Å². The lowest BCUT2D eigenvalue weighted by Crippen LogP contribution is -1.97. The molecule has 0 saturated carbocycles.